The lowest BCUT2D eigenvalue weighted by Crippen LogP contribution is -2.37. The molecule has 2 amide bonds. The molecular formula is C21H26N2O3. The van der Waals surface area contributed by atoms with Gasteiger partial charge in [-0.05, 0) is 49.1 Å². The summed E-state index contributed by atoms with van der Waals surface area (Å²) in [6, 6.07) is 13.5. The molecule has 2 aromatic carbocycles. The van der Waals surface area contributed by atoms with E-state index in [9.17, 15) is 9.59 Å². The Morgan fingerprint density at radius 3 is 2.23 bits per heavy atom. The molecule has 1 N–H and O–H groups in total. The second-order valence-electron chi connectivity index (χ2n) is 6.35. The molecule has 0 saturated heterocycles. The van der Waals surface area contributed by atoms with E-state index in [4.69, 9.17) is 4.74 Å². The van der Waals surface area contributed by atoms with Crippen molar-refractivity contribution in [3.63, 3.8) is 0 Å². The number of para-hydroxylation sites is 1. The molecule has 0 aliphatic rings. The van der Waals surface area contributed by atoms with Crippen LogP contribution in [0.5, 0.6) is 5.75 Å². The maximum atomic E-state index is 12.2. The van der Waals surface area contributed by atoms with Gasteiger partial charge in [0.25, 0.3) is 5.91 Å². The molecule has 0 bridgehead atoms. The third-order valence-electron chi connectivity index (χ3n) is 4.25. The second-order valence-corrected chi connectivity index (χ2v) is 6.35. The van der Waals surface area contributed by atoms with Gasteiger partial charge >= 0.3 is 0 Å². The van der Waals surface area contributed by atoms with Gasteiger partial charge in [-0.25, -0.2) is 0 Å². The molecule has 0 aliphatic heterocycles. The Hall–Kier alpha value is -2.82. The number of rotatable bonds is 7. The van der Waals surface area contributed by atoms with Crippen LogP contribution in [0, 0.1) is 13.8 Å². The van der Waals surface area contributed by atoms with Crippen LogP contribution in [-0.4, -0.2) is 36.9 Å². The fourth-order valence-electron chi connectivity index (χ4n) is 2.57. The van der Waals surface area contributed by atoms with Crippen molar-refractivity contribution in [2.75, 3.05) is 25.5 Å². The maximum absolute atomic E-state index is 12.2. The first-order chi connectivity index (χ1) is 12.4. The van der Waals surface area contributed by atoms with Crippen LogP contribution in [0.1, 0.15) is 23.6 Å². The lowest BCUT2D eigenvalue weighted by atomic mass is 10.1. The quantitative estimate of drug-likeness (QED) is 0.830. The van der Waals surface area contributed by atoms with Gasteiger partial charge in [0, 0.05) is 12.7 Å². The first-order valence-corrected chi connectivity index (χ1v) is 8.72. The Morgan fingerprint density at radius 2 is 1.65 bits per heavy atom. The molecule has 0 heterocycles. The van der Waals surface area contributed by atoms with Crippen LogP contribution in [0.3, 0.4) is 0 Å². The standard InChI is InChI=1S/C21H26N2O3/c1-5-17-9-11-18(12-10-17)26-14-20(25)23(4)13-19(24)22-21-15(2)7-6-8-16(21)3/h6-12H,5,13-14H2,1-4H3,(H,22,24). The minimum atomic E-state index is -0.249. The Morgan fingerprint density at radius 1 is 1.04 bits per heavy atom. The first-order valence-electron chi connectivity index (χ1n) is 8.72. The average Bonchev–Trinajstić information content (AvgIpc) is 2.63. The number of aryl methyl sites for hydroxylation is 3. The van der Waals surface area contributed by atoms with Gasteiger partial charge in [0.05, 0.1) is 6.54 Å². The van der Waals surface area contributed by atoms with E-state index in [0.29, 0.717) is 5.75 Å². The van der Waals surface area contributed by atoms with Crippen LogP contribution in [0.4, 0.5) is 5.69 Å². The van der Waals surface area contributed by atoms with E-state index in [-0.39, 0.29) is 25.0 Å². The lowest BCUT2D eigenvalue weighted by molar-refractivity contribution is -0.135. The van der Waals surface area contributed by atoms with Crippen LogP contribution >= 0.6 is 0 Å². The number of nitrogens with zero attached hydrogens (tertiary/aromatic N) is 1. The summed E-state index contributed by atoms with van der Waals surface area (Å²) < 4.78 is 5.50. The van der Waals surface area contributed by atoms with Gasteiger partial charge in [-0.2, -0.15) is 0 Å². The van der Waals surface area contributed by atoms with Gasteiger partial charge in [-0.3, -0.25) is 9.59 Å². The fourth-order valence-corrected chi connectivity index (χ4v) is 2.57. The van der Waals surface area contributed by atoms with E-state index in [0.717, 1.165) is 23.2 Å². The molecule has 2 rings (SSSR count). The molecule has 5 nitrogen and oxygen atoms in total. The Bertz CT molecular complexity index is 749. The molecule has 5 heteroatoms. The van der Waals surface area contributed by atoms with Crippen LogP contribution < -0.4 is 10.1 Å². The van der Waals surface area contributed by atoms with Crippen molar-refractivity contribution in [3.8, 4) is 5.75 Å². The smallest absolute Gasteiger partial charge is 0.260 e. The molecule has 0 fully saturated rings. The van der Waals surface area contributed by atoms with Gasteiger partial charge in [0.15, 0.2) is 6.61 Å². The maximum Gasteiger partial charge on any atom is 0.260 e. The average molecular weight is 354 g/mol. The zero-order chi connectivity index (χ0) is 19.1. The number of anilines is 1. The van der Waals surface area contributed by atoms with Crippen molar-refractivity contribution in [2.45, 2.75) is 27.2 Å². The number of nitrogens with one attached hydrogen (secondary N) is 1. The molecule has 0 saturated carbocycles. The Balaban J connectivity index is 1.84. The summed E-state index contributed by atoms with van der Waals surface area (Å²) in [5, 5.41) is 2.88. The number of hydrogen-bond acceptors (Lipinski definition) is 3. The molecule has 0 aliphatic carbocycles. The SMILES string of the molecule is CCc1ccc(OCC(=O)N(C)CC(=O)Nc2c(C)cccc2C)cc1. The number of benzene rings is 2. The summed E-state index contributed by atoms with van der Waals surface area (Å²) >= 11 is 0. The molecule has 0 atom stereocenters. The van der Waals surface area contributed by atoms with Gasteiger partial charge in [-0.1, -0.05) is 37.3 Å². The van der Waals surface area contributed by atoms with E-state index >= 15 is 0 Å². The Labute approximate surface area is 155 Å². The summed E-state index contributed by atoms with van der Waals surface area (Å²) in [5.74, 6) is 0.163. The second kappa shape index (κ2) is 9.04. The molecule has 0 unspecified atom stereocenters. The zero-order valence-electron chi connectivity index (χ0n) is 15.8. The fraction of sp³-hybridized carbons (Fsp3) is 0.333. The predicted molar refractivity (Wildman–Crippen MR) is 103 cm³/mol. The van der Waals surface area contributed by atoms with Gasteiger partial charge < -0.3 is 15.0 Å². The molecule has 26 heavy (non-hydrogen) atoms. The highest BCUT2D eigenvalue weighted by molar-refractivity contribution is 5.95. The highest BCUT2D eigenvalue weighted by Crippen LogP contribution is 2.19. The van der Waals surface area contributed by atoms with E-state index in [1.54, 1.807) is 7.05 Å². The van der Waals surface area contributed by atoms with Crippen molar-refractivity contribution in [1.29, 1.82) is 0 Å². The monoisotopic (exact) mass is 354 g/mol. The van der Waals surface area contributed by atoms with E-state index in [1.165, 1.54) is 10.5 Å². The zero-order valence-corrected chi connectivity index (χ0v) is 15.8. The summed E-state index contributed by atoms with van der Waals surface area (Å²) in [4.78, 5) is 25.8. The summed E-state index contributed by atoms with van der Waals surface area (Å²) in [6.45, 7) is 5.84. The molecule has 2 aromatic rings. The molecule has 0 radical (unpaired) electrons. The van der Waals surface area contributed by atoms with Crippen molar-refractivity contribution >= 4 is 17.5 Å². The van der Waals surface area contributed by atoms with Crippen LogP contribution in [0.2, 0.25) is 0 Å². The largest absolute Gasteiger partial charge is 0.484 e. The number of ether oxygens (including phenoxy) is 1. The van der Waals surface area contributed by atoms with E-state index in [2.05, 4.69) is 12.2 Å². The highest BCUT2D eigenvalue weighted by Gasteiger charge is 2.15. The summed E-state index contributed by atoms with van der Waals surface area (Å²) in [6.07, 6.45) is 0.956. The van der Waals surface area contributed by atoms with Gasteiger partial charge in [-0.15, -0.1) is 0 Å². The number of likely N-dealkylation sites (N-methyl/N-ethyl adjacent to an activating group) is 1. The minimum absolute atomic E-state index is 0.0231. The third kappa shape index (κ3) is 5.34. The van der Waals surface area contributed by atoms with E-state index < -0.39 is 0 Å². The van der Waals surface area contributed by atoms with Crippen molar-refractivity contribution < 1.29 is 14.3 Å². The summed E-state index contributed by atoms with van der Waals surface area (Å²) in [7, 11) is 1.59. The van der Waals surface area contributed by atoms with Gasteiger partial charge in [0.2, 0.25) is 5.91 Å². The van der Waals surface area contributed by atoms with Crippen molar-refractivity contribution in [2.24, 2.45) is 0 Å². The molecular weight excluding hydrogens is 328 g/mol. The van der Waals surface area contributed by atoms with Crippen molar-refractivity contribution in [1.82, 2.24) is 4.90 Å². The van der Waals surface area contributed by atoms with Crippen LogP contribution in [-0.2, 0) is 16.0 Å². The molecule has 138 valence electrons. The topological polar surface area (TPSA) is 58.6 Å². The third-order valence-corrected chi connectivity index (χ3v) is 4.25. The number of carbonyl (C=O) groups excluding carboxylic acids is 2. The number of amides is 2. The van der Waals surface area contributed by atoms with Gasteiger partial charge in [0.1, 0.15) is 5.75 Å². The highest BCUT2D eigenvalue weighted by atomic mass is 16.5. The van der Waals surface area contributed by atoms with Crippen molar-refractivity contribution in [3.05, 3.63) is 59.2 Å². The normalized spacial score (nSPS) is 10.3. The van der Waals surface area contributed by atoms with Crippen LogP contribution in [0.25, 0.3) is 0 Å². The number of hydrogen-bond donors (Lipinski definition) is 1. The lowest BCUT2D eigenvalue weighted by Gasteiger charge is -2.18. The molecule has 0 aromatic heterocycles. The van der Waals surface area contributed by atoms with E-state index in [1.807, 2.05) is 56.3 Å². The number of carbonyl (C=O) groups is 2. The van der Waals surface area contributed by atoms with Crippen LogP contribution in [0.15, 0.2) is 42.5 Å². The molecule has 0 spiro atoms. The Kier molecular flexibility index (Phi) is 6.78. The summed E-state index contributed by atoms with van der Waals surface area (Å²) in [5.41, 5.74) is 3.99. The first kappa shape index (κ1) is 19.5. The minimum Gasteiger partial charge on any atom is -0.484 e. The predicted octanol–water partition coefficient (Wildman–Crippen LogP) is 3.34.